The third-order valence-electron chi connectivity index (χ3n) is 5.00. The van der Waals surface area contributed by atoms with Crippen LogP contribution in [0, 0.1) is 5.92 Å². The maximum Gasteiger partial charge on any atom is 0.174 e. The van der Waals surface area contributed by atoms with Gasteiger partial charge in [0.1, 0.15) is 0 Å². The van der Waals surface area contributed by atoms with Gasteiger partial charge in [0.05, 0.1) is 0 Å². The van der Waals surface area contributed by atoms with Gasteiger partial charge in [-0.2, -0.15) is 10.4 Å². The van der Waals surface area contributed by atoms with E-state index in [1.807, 2.05) is 6.08 Å². The van der Waals surface area contributed by atoms with E-state index in [1.54, 1.807) is 0 Å². The predicted molar refractivity (Wildman–Crippen MR) is 107 cm³/mol. The quantitative estimate of drug-likeness (QED) is 0.440. The molecule has 2 aromatic heterocycles. The summed E-state index contributed by atoms with van der Waals surface area (Å²) in [6.45, 7) is 3.82. The summed E-state index contributed by atoms with van der Waals surface area (Å²) in [6, 6.07) is 8.63. The summed E-state index contributed by atoms with van der Waals surface area (Å²) < 4.78 is 0. The Morgan fingerprint density at radius 2 is 1.50 bits per heavy atom. The Balaban J connectivity index is 1.40. The van der Waals surface area contributed by atoms with Crippen LogP contribution in [-0.2, 0) is 19.3 Å². The minimum atomic E-state index is 0.520. The summed E-state index contributed by atoms with van der Waals surface area (Å²) in [7, 11) is 0. The first-order valence-electron chi connectivity index (χ1n) is 9.99. The van der Waals surface area contributed by atoms with Crippen molar-refractivity contribution in [2.45, 2.75) is 57.8 Å². The number of aryl methyl sites for hydroxylation is 1. The molecule has 0 bridgehead atoms. The molecule has 0 amide bonds. The number of hydrogen-bond acceptors (Lipinski definition) is 6. The van der Waals surface area contributed by atoms with Crippen LogP contribution in [0.15, 0.2) is 30.8 Å². The molecule has 28 heavy (non-hydrogen) atoms. The number of tetrazole rings is 2. The van der Waals surface area contributed by atoms with E-state index in [9.17, 15) is 0 Å². The highest BCUT2D eigenvalue weighted by Crippen LogP contribution is 2.20. The summed E-state index contributed by atoms with van der Waals surface area (Å²) in [6.07, 6.45) is 11.8. The molecule has 0 radical (unpaired) electrons. The molecule has 3 aromatic rings. The normalized spacial score (nSPS) is 12.1. The Hall–Kier alpha value is -2.90. The van der Waals surface area contributed by atoms with Gasteiger partial charge in [-0.3, -0.25) is 0 Å². The van der Waals surface area contributed by atoms with Crippen molar-refractivity contribution in [2.24, 2.45) is 5.92 Å². The van der Waals surface area contributed by atoms with E-state index in [1.165, 1.54) is 37.7 Å². The topological polar surface area (TPSA) is 109 Å². The largest absolute Gasteiger partial charge is 0.177 e. The van der Waals surface area contributed by atoms with Crippen molar-refractivity contribution < 1.29 is 0 Å². The first-order valence-corrected chi connectivity index (χ1v) is 9.99. The number of nitrogens with zero attached hydrogens (tertiary/aromatic N) is 6. The summed E-state index contributed by atoms with van der Waals surface area (Å²) in [5.74, 6) is 2.13. The number of aromatic nitrogens is 8. The average molecular weight is 380 g/mol. The number of H-pyrrole nitrogens is 2. The highest BCUT2D eigenvalue weighted by Gasteiger charge is 2.13. The standard InChI is InChI=1S/C20H28N8/c1-2-16-10-12-17(13-11-16)14-18(15-20-23-27-28-24-20)8-6-4-3-5-7-9-19-21-25-26-22-19/h2,10-13,18H,1,3-9,14-15H2,(H,21,22,25,26)(H,23,24,27,28). The molecule has 1 aromatic carbocycles. The SMILES string of the molecule is C=Cc1ccc(CC(CCCCCCCc2nn[nH]n2)Cc2nn[nH]n2)cc1. The summed E-state index contributed by atoms with van der Waals surface area (Å²) >= 11 is 0. The van der Waals surface area contributed by atoms with Crippen LogP contribution in [-0.4, -0.2) is 41.2 Å². The Morgan fingerprint density at radius 1 is 0.821 bits per heavy atom. The van der Waals surface area contributed by atoms with Crippen LogP contribution in [0.2, 0.25) is 0 Å². The third kappa shape index (κ3) is 6.68. The highest BCUT2D eigenvalue weighted by molar-refractivity contribution is 5.47. The first-order chi connectivity index (χ1) is 13.8. The Labute approximate surface area is 165 Å². The summed E-state index contributed by atoms with van der Waals surface area (Å²) in [5.41, 5.74) is 2.50. The molecule has 3 rings (SSSR count). The van der Waals surface area contributed by atoms with E-state index < -0.39 is 0 Å². The number of unbranched alkanes of at least 4 members (excludes halogenated alkanes) is 4. The zero-order valence-electron chi connectivity index (χ0n) is 16.2. The molecule has 0 aliphatic heterocycles. The van der Waals surface area contributed by atoms with Crippen molar-refractivity contribution in [1.82, 2.24) is 41.2 Å². The lowest BCUT2D eigenvalue weighted by Crippen LogP contribution is -2.10. The summed E-state index contributed by atoms with van der Waals surface area (Å²) in [5, 5.41) is 28.6. The van der Waals surface area contributed by atoms with Crippen molar-refractivity contribution in [1.29, 1.82) is 0 Å². The second kappa shape index (κ2) is 11.1. The molecular formula is C20H28N8. The molecule has 0 aliphatic rings. The second-order valence-corrected chi connectivity index (χ2v) is 7.18. The molecule has 0 saturated carbocycles. The van der Waals surface area contributed by atoms with Crippen LogP contribution in [0.4, 0.5) is 0 Å². The number of nitrogens with one attached hydrogen (secondary N) is 2. The molecule has 2 heterocycles. The Morgan fingerprint density at radius 3 is 2.18 bits per heavy atom. The molecule has 1 unspecified atom stereocenters. The van der Waals surface area contributed by atoms with Crippen LogP contribution in [0.5, 0.6) is 0 Å². The minimum Gasteiger partial charge on any atom is -0.177 e. The van der Waals surface area contributed by atoms with Gasteiger partial charge in [-0.1, -0.05) is 73.0 Å². The zero-order chi connectivity index (χ0) is 19.4. The monoisotopic (exact) mass is 380 g/mol. The zero-order valence-corrected chi connectivity index (χ0v) is 16.2. The van der Waals surface area contributed by atoms with E-state index in [4.69, 9.17) is 0 Å². The van der Waals surface area contributed by atoms with Crippen LogP contribution in [0.25, 0.3) is 6.08 Å². The minimum absolute atomic E-state index is 0.520. The number of rotatable bonds is 13. The maximum atomic E-state index is 4.14. The number of benzene rings is 1. The fourth-order valence-corrected chi connectivity index (χ4v) is 3.46. The molecule has 148 valence electrons. The van der Waals surface area contributed by atoms with Crippen molar-refractivity contribution in [3.63, 3.8) is 0 Å². The highest BCUT2D eigenvalue weighted by atomic mass is 15.5. The molecule has 2 N–H and O–H groups in total. The van der Waals surface area contributed by atoms with Crippen molar-refractivity contribution in [3.05, 3.63) is 53.6 Å². The molecule has 0 saturated heterocycles. The van der Waals surface area contributed by atoms with Gasteiger partial charge in [0.2, 0.25) is 0 Å². The van der Waals surface area contributed by atoms with Crippen molar-refractivity contribution in [3.8, 4) is 0 Å². The average Bonchev–Trinajstić information content (AvgIpc) is 3.42. The lowest BCUT2D eigenvalue weighted by Gasteiger charge is -2.15. The van der Waals surface area contributed by atoms with Crippen LogP contribution < -0.4 is 0 Å². The van der Waals surface area contributed by atoms with E-state index in [-0.39, 0.29) is 0 Å². The Kier molecular flexibility index (Phi) is 7.84. The van der Waals surface area contributed by atoms with Crippen LogP contribution in [0.3, 0.4) is 0 Å². The fraction of sp³-hybridized carbons (Fsp3) is 0.500. The van der Waals surface area contributed by atoms with Crippen LogP contribution >= 0.6 is 0 Å². The van der Waals surface area contributed by atoms with Gasteiger partial charge < -0.3 is 0 Å². The lowest BCUT2D eigenvalue weighted by molar-refractivity contribution is 0.438. The molecule has 8 nitrogen and oxygen atoms in total. The first kappa shape index (κ1) is 19.9. The van der Waals surface area contributed by atoms with Gasteiger partial charge >= 0.3 is 0 Å². The summed E-state index contributed by atoms with van der Waals surface area (Å²) in [4.78, 5) is 0. The molecular weight excluding hydrogens is 352 g/mol. The van der Waals surface area contributed by atoms with E-state index >= 15 is 0 Å². The van der Waals surface area contributed by atoms with E-state index in [0.717, 1.165) is 42.9 Å². The molecule has 8 heteroatoms. The molecule has 0 spiro atoms. The predicted octanol–water partition coefficient (Wildman–Crippen LogP) is 3.34. The lowest BCUT2D eigenvalue weighted by atomic mass is 9.90. The molecule has 0 fully saturated rings. The van der Waals surface area contributed by atoms with Gasteiger partial charge in [0, 0.05) is 12.8 Å². The third-order valence-corrected chi connectivity index (χ3v) is 5.00. The van der Waals surface area contributed by atoms with Gasteiger partial charge in [-0.15, -0.1) is 20.4 Å². The van der Waals surface area contributed by atoms with E-state index in [0.29, 0.717) is 5.92 Å². The second-order valence-electron chi connectivity index (χ2n) is 7.18. The Bertz CT molecular complexity index is 780. The maximum absolute atomic E-state index is 4.14. The van der Waals surface area contributed by atoms with Gasteiger partial charge in [-0.05, 0) is 36.3 Å². The van der Waals surface area contributed by atoms with Gasteiger partial charge in [-0.25, -0.2) is 0 Å². The smallest absolute Gasteiger partial charge is 0.174 e. The number of aromatic amines is 2. The van der Waals surface area contributed by atoms with E-state index in [2.05, 4.69) is 72.1 Å². The number of hydrogen-bond donors (Lipinski definition) is 2. The fourth-order valence-electron chi connectivity index (χ4n) is 3.46. The molecule has 1 atom stereocenters. The molecule has 0 aliphatic carbocycles. The van der Waals surface area contributed by atoms with Crippen molar-refractivity contribution in [2.75, 3.05) is 0 Å². The van der Waals surface area contributed by atoms with Crippen LogP contribution in [0.1, 0.15) is 61.3 Å². The van der Waals surface area contributed by atoms with Gasteiger partial charge in [0.15, 0.2) is 11.6 Å². The van der Waals surface area contributed by atoms with Gasteiger partial charge in [0.25, 0.3) is 0 Å². The van der Waals surface area contributed by atoms with Crippen molar-refractivity contribution >= 4 is 6.08 Å².